The molecule has 0 amide bonds. The minimum Gasteiger partial charge on any atom is -0.352 e. The normalized spacial score (nSPS) is 14.0. The van der Waals surface area contributed by atoms with E-state index in [1.807, 2.05) is 72.9 Å². The SMILES string of the molecule is Clc1cccc(-n2ncc3c(N4CCN(c5ccc(-c6ccccc6)nn5)CC4)ncnc32)c1. The average molecular weight is 469 g/mol. The van der Waals surface area contributed by atoms with Crippen LogP contribution in [0.2, 0.25) is 5.02 Å². The van der Waals surface area contributed by atoms with E-state index in [9.17, 15) is 0 Å². The monoisotopic (exact) mass is 468 g/mol. The van der Waals surface area contributed by atoms with Crippen molar-refractivity contribution in [1.82, 2.24) is 29.9 Å². The van der Waals surface area contributed by atoms with E-state index in [0.717, 1.165) is 65.8 Å². The van der Waals surface area contributed by atoms with E-state index < -0.39 is 0 Å². The van der Waals surface area contributed by atoms with E-state index >= 15 is 0 Å². The number of anilines is 2. The Kier molecular flexibility index (Phi) is 5.27. The van der Waals surface area contributed by atoms with Crippen molar-refractivity contribution in [2.45, 2.75) is 0 Å². The first-order valence-electron chi connectivity index (χ1n) is 11.1. The highest BCUT2D eigenvalue weighted by molar-refractivity contribution is 6.30. The first-order valence-corrected chi connectivity index (χ1v) is 11.5. The van der Waals surface area contributed by atoms with Crippen LogP contribution in [0, 0.1) is 0 Å². The predicted octanol–water partition coefficient (Wildman–Crippen LogP) is 4.25. The summed E-state index contributed by atoms with van der Waals surface area (Å²) in [5.41, 5.74) is 3.58. The summed E-state index contributed by atoms with van der Waals surface area (Å²) >= 11 is 6.17. The van der Waals surface area contributed by atoms with Crippen LogP contribution < -0.4 is 9.80 Å². The maximum absolute atomic E-state index is 6.17. The maximum atomic E-state index is 6.17. The molecule has 6 rings (SSSR count). The van der Waals surface area contributed by atoms with Gasteiger partial charge in [0.05, 0.1) is 23.0 Å². The maximum Gasteiger partial charge on any atom is 0.168 e. The lowest BCUT2D eigenvalue weighted by Crippen LogP contribution is -2.47. The number of hydrogen-bond acceptors (Lipinski definition) is 7. The number of nitrogens with zero attached hydrogens (tertiary/aromatic N) is 8. The van der Waals surface area contributed by atoms with Crippen LogP contribution in [0.25, 0.3) is 28.0 Å². The molecule has 0 radical (unpaired) electrons. The Balaban J connectivity index is 1.20. The molecule has 34 heavy (non-hydrogen) atoms. The largest absolute Gasteiger partial charge is 0.352 e. The lowest BCUT2D eigenvalue weighted by atomic mass is 10.1. The van der Waals surface area contributed by atoms with Crippen molar-refractivity contribution >= 4 is 34.3 Å². The second-order valence-electron chi connectivity index (χ2n) is 8.09. The van der Waals surface area contributed by atoms with Gasteiger partial charge in [0.25, 0.3) is 0 Å². The van der Waals surface area contributed by atoms with Gasteiger partial charge in [-0.1, -0.05) is 48.0 Å². The van der Waals surface area contributed by atoms with Crippen LogP contribution in [0.1, 0.15) is 0 Å². The van der Waals surface area contributed by atoms with Gasteiger partial charge in [-0.15, -0.1) is 10.2 Å². The molecule has 8 nitrogen and oxygen atoms in total. The van der Waals surface area contributed by atoms with Gasteiger partial charge in [-0.2, -0.15) is 5.10 Å². The quantitative estimate of drug-likeness (QED) is 0.390. The number of piperazine rings is 1. The zero-order chi connectivity index (χ0) is 22.9. The summed E-state index contributed by atoms with van der Waals surface area (Å²) in [6.07, 6.45) is 3.42. The van der Waals surface area contributed by atoms with E-state index in [0.29, 0.717) is 5.02 Å². The molecule has 0 aliphatic carbocycles. The second-order valence-corrected chi connectivity index (χ2v) is 8.52. The van der Waals surface area contributed by atoms with Gasteiger partial charge in [-0.05, 0) is 30.3 Å². The van der Waals surface area contributed by atoms with Gasteiger partial charge < -0.3 is 9.80 Å². The van der Waals surface area contributed by atoms with Crippen molar-refractivity contribution < 1.29 is 0 Å². The van der Waals surface area contributed by atoms with Gasteiger partial charge in [0, 0.05) is 36.8 Å². The Morgan fingerprint density at radius 3 is 2.35 bits per heavy atom. The molecule has 0 bridgehead atoms. The lowest BCUT2D eigenvalue weighted by Gasteiger charge is -2.35. The predicted molar refractivity (Wildman–Crippen MR) is 134 cm³/mol. The van der Waals surface area contributed by atoms with Crippen LogP contribution in [0.4, 0.5) is 11.6 Å². The Morgan fingerprint density at radius 2 is 1.59 bits per heavy atom. The molecular formula is C25H21ClN8. The Bertz CT molecular complexity index is 1430. The van der Waals surface area contributed by atoms with Crippen LogP contribution in [-0.4, -0.2) is 56.1 Å². The number of fused-ring (bicyclic) bond motifs is 1. The molecule has 9 heteroatoms. The summed E-state index contributed by atoms with van der Waals surface area (Å²) in [5.74, 6) is 1.78. The summed E-state index contributed by atoms with van der Waals surface area (Å²) in [6.45, 7) is 3.29. The molecule has 0 N–H and O–H groups in total. The number of halogens is 1. The third-order valence-electron chi connectivity index (χ3n) is 6.02. The van der Waals surface area contributed by atoms with E-state index in [2.05, 4.69) is 35.1 Å². The van der Waals surface area contributed by atoms with E-state index in [-0.39, 0.29) is 0 Å². The molecule has 1 aliphatic rings. The van der Waals surface area contributed by atoms with Gasteiger partial charge in [-0.3, -0.25) is 0 Å². The third-order valence-corrected chi connectivity index (χ3v) is 6.26. The van der Waals surface area contributed by atoms with Crippen LogP contribution in [-0.2, 0) is 0 Å². The second kappa shape index (κ2) is 8.72. The minimum atomic E-state index is 0.659. The van der Waals surface area contributed by atoms with Gasteiger partial charge in [0.2, 0.25) is 0 Å². The Morgan fingerprint density at radius 1 is 0.765 bits per heavy atom. The van der Waals surface area contributed by atoms with Crippen LogP contribution in [0.3, 0.4) is 0 Å². The van der Waals surface area contributed by atoms with Crippen LogP contribution in [0.15, 0.2) is 79.3 Å². The molecule has 3 aromatic heterocycles. The van der Waals surface area contributed by atoms with Crippen LogP contribution >= 0.6 is 11.6 Å². The Labute approximate surface area is 201 Å². The van der Waals surface area contributed by atoms with Crippen molar-refractivity contribution in [1.29, 1.82) is 0 Å². The first-order chi connectivity index (χ1) is 16.8. The fourth-order valence-corrected chi connectivity index (χ4v) is 4.47. The highest BCUT2D eigenvalue weighted by Crippen LogP contribution is 2.27. The summed E-state index contributed by atoms with van der Waals surface area (Å²) in [5, 5.41) is 15.0. The third kappa shape index (κ3) is 3.82. The number of benzene rings is 2. The highest BCUT2D eigenvalue weighted by Gasteiger charge is 2.22. The zero-order valence-electron chi connectivity index (χ0n) is 18.3. The summed E-state index contributed by atoms with van der Waals surface area (Å²) < 4.78 is 1.80. The fraction of sp³-hybridized carbons (Fsp3) is 0.160. The molecule has 168 valence electrons. The molecule has 1 aliphatic heterocycles. The lowest BCUT2D eigenvalue weighted by molar-refractivity contribution is 0.639. The molecule has 0 atom stereocenters. The van der Waals surface area contributed by atoms with E-state index in [1.165, 1.54) is 0 Å². The minimum absolute atomic E-state index is 0.659. The van der Waals surface area contributed by atoms with Gasteiger partial charge in [-0.25, -0.2) is 14.6 Å². The molecule has 1 fully saturated rings. The zero-order valence-corrected chi connectivity index (χ0v) is 19.0. The molecule has 2 aromatic carbocycles. The molecule has 0 unspecified atom stereocenters. The first kappa shape index (κ1) is 20.6. The summed E-state index contributed by atoms with van der Waals surface area (Å²) in [7, 11) is 0. The van der Waals surface area contributed by atoms with Gasteiger partial charge >= 0.3 is 0 Å². The van der Waals surface area contributed by atoms with Crippen molar-refractivity contribution in [3.05, 3.63) is 84.3 Å². The van der Waals surface area contributed by atoms with Crippen molar-refractivity contribution in [2.75, 3.05) is 36.0 Å². The standard InChI is InChI=1S/C25H21ClN8/c26-19-7-4-8-20(15-19)34-25-21(16-29-34)24(27-17-28-25)33-13-11-32(12-14-33)23-10-9-22(30-31-23)18-5-2-1-3-6-18/h1-10,15-17H,11-14H2. The molecule has 1 saturated heterocycles. The molecule has 0 saturated carbocycles. The molecule has 4 heterocycles. The number of hydrogen-bond donors (Lipinski definition) is 0. The van der Waals surface area contributed by atoms with Gasteiger partial charge in [0.1, 0.15) is 12.1 Å². The van der Waals surface area contributed by atoms with Gasteiger partial charge in [0.15, 0.2) is 11.5 Å². The van der Waals surface area contributed by atoms with Crippen molar-refractivity contribution in [2.24, 2.45) is 0 Å². The number of rotatable bonds is 4. The molecular weight excluding hydrogens is 448 g/mol. The van der Waals surface area contributed by atoms with E-state index in [4.69, 9.17) is 11.6 Å². The molecule has 0 spiro atoms. The topological polar surface area (TPSA) is 75.9 Å². The summed E-state index contributed by atoms with van der Waals surface area (Å²) in [4.78, 5) is 13.6. The number of aromatic nitrogens is 6. The molecule has 5 aromatic rings. The fourth-order valence-electron chi connectivity index (χ4n) is 4.28. The average Bonchev–Trinajstić information content (AvgIpc) is 3.34. The van der Waals surface area contributed by atoms with Crippen LogP contribution in [0.5, 0.6) is 0 Å². The van der Waals surface area contributed by atoms with E-state index in [1.54, 1.807) is 11.0 Å². The summed E-state index contributed by atoms with van der Waals surface area (Å²) in [6, 6.07) is 21.8. The highest BCUT2D eigenvalue weighted by atomic mass is 35.5. The van der Waals surface area contributed by atoms with Crippen molar-refractivity contribution in [3.8, 4) is 16.9 Å². The Hall–Kier alpha value is -4.04. The smallest absolute Gasteiger partial charge is 0.168 e. The van der Waals surface area contributed by atoms with Crippen molar-refractivity contribution in [3.63, 3.8) is 0 Å².